The fraction of sp³-hybridized carbons (Fsp3) is 0.103. The first-order valence-corrected chi connectivity index (χ1v) is 42.7. The second-order valence-corrected chi connectivity index (χ2v) is 35.0. The van der Waals surface area contributed by atoms with Crippen molar-refractivity contribution in [3.8, 4) is 111 Å². The van der Waals surface area contributed by atoms with Gasteiger partial charge in [0.2, 0.25) is 0 Å². The van der Waals surface area contributed by atoms with E-state index < -0.39 is 0 Å². The van der Waals surface area contributed by atoms with Gasteiger partial charge in [-0.15, -0.1) is 22.1 Å². The van der Waals surface area contributed by atoms with Crippen molar-refractivity contribution in [2.24, 2.45) is 11.8 Å². The zero-order valence-electron chi connectivity index (χ0n) is 67.7. The van der Waals surface area contributed by atoms with Crippen molar-refractivity contribution in [2.75, 3.05) is 0 Å². The zero-order chi connectivity index (χ0) is 79.3. The number of allylic oxidation sites excluding steroid dienone is 8. The fourth-order valence-corrected chi connectivity index (χ4v) is 21.1. The summed E-state index contributed by atoms with van der Waals surface area (Å²) >= 11 is 0. The molecule has 0 N–H and O–H groups in total. The van der Waals surface area contributed by atoms with Crippen LogP contribution in [-0.2, 0) is 46.7 Å². The van der Waals surface area contributed by atoms with Crippen LogP contribution in [0.1, 0.15) is 105 Å². The quantitative estimate of drug-likeness (QED) is 0.152. The van der Waals surface area contributed by atoms with Gasteiger partial charge in [0, 0.05) is 0 Å². The van der Waals surface area contributed by atoms with Crippen LogP contribution < -0.4 is 9.97 Å². The van der Waals surface area contributed by atoms with Gasteiger partial charge >= 0.3 is 21.1 Å². The van der Waals surface area contributed by atoms with E-state index in [1.54, 1.807) is 0 Å². The summed E-state index contributed by atoms with van der Waals surface area (Å²) in [7, 11) is 0. The van der Waals surface area contributed by atoms with Gasteiger partial charge in [0.15, 0.2) is 0 Å². The van der Waals surface area contributed by atoms with E-state index in [-0.39, 0.29) is 21.1 Å². The van der Waals surface area contributed by atoms with E-state index in [2.05, 4.69) is 355 Å². The average Bonchev–Trinajstić information content (AvgIpc) is 1.63. The van der Waals surface area contributed by atoms with E-state index in [1.165, 1.54) is 166 Å². The number of aryl methyl sites for hydroxylation is 2. The molecule has 6 aliphatic carbocycles. The summed E-state index contributed by atoms with van der Waals surface area (Å²) in [5, 5.41) is 10.1. The molecule has 17 aromatic rings. The summed E-state index contributed by atoms with van der Waals surface area (Å²) in [4.78, 5) is 23.3. The first-order chi connectivity index (χ1) is 58.9. The third kappa shape index (κ3) is 12.0. The largest absolute Gasteiger partial charge is 2.00 e. The van der Waals surface area contributed by atoms with Crippen molar-refractivity contribution in [2.45, 2.75) is 66.2 Å². The molecule has 0 spiro atoms. The molecule has 574 valence electrons. The minimum Gasteiger partial charge on any atom is -0.657 e. The Morgan fingerprint density at radius 2 is 0.521 bits per heavy atom. The van der Waals surface area contributed by atoms with E-state index in [0.29, 0.717) is 11.8 Å². The molecule has 0 saturated heterocycles. The molecule has 5 heterocycles. The van der Waals surface area contributed by atoms with Gasteiger partial charge in [0.25, 0.3) is 0 Å². The number of nitrogens with zero attached hydrogens (tertiary/aromatic N) is 4. The molecule has 25 rings (SSSR count). The van der Waals surface area contributed by atoms with Crippen molar-refractivity contribution in [1.29, 1.82) is 0 Å². The number of benzene rings is 14. The van der Waals surface area contributed by atoms with Crippen molar-refractivity contribution < 1.29 is 21.1 Å². The van der Waals surface area contributed by atoms with E-state index in [9.17, 15) is 0 Å². The van der Waals surface area contributed by atoms with Crippen LogP contribution in [0.25, 0.3) is 212 Å². The summed E-state index contributed by atoms with van der Waals surface area (Å²) in [5.41, 5.74) is 48.7. The van der Waals surface area contributed by atoms with Gasteiger partial charge < -0.3 is 9.97 Å². The molecule has 5 heteroatoms. The number of aromatic nitrogens is 4. The molecule has 14 aromatic carbocycles. The van der Waals surface area contributed by atoms with Gasteiger partial charge in [0.1, 0.15) is 0 Å². The molecule has 3 aromatic heterocycles. The van der Waals surface area contributed by atoms with E-state index in [4.69, 9.17) is 19.9 Å². The van der Waals surface area contributed by atoms with E-state index in [1.807, 2.05) is 0 Å². The Kier molecular flexibility index (Phi) is 16.4. The number of hydrogen-bond donors (Lipinski definition) is 0. The first-order valence-electron chi connectivity index (χ1n) is 42.7. The summed E-state index contributed by atoms with van der Waals surface area (Å²) in [5.74, 6) is 1.15. The van der Waals surface area contributed by atoms with Crippen molar-refractivity contribution in [1.82, 2.24) is 19.9 Å². The molecule has 8 aliphatic rings. The monoisotopic (exact) mass is 1720 g/mol. The van der Waals surface area contributed by atoms with Crippen LogP contribution in [0.4, 0.5) is 0 Å². The average molecular weight is 1730 g/mol. The van der Waals surface area contributed by atoms with Crippen LogP contribution in [0.5, 0.6) is 0 Å². The van der Waals surface area contributed by atoms with E-state index >= 15 is 0 Å². The Labute approximate surface area is 718 Å². The van der Waals surface area contributed by atoms with Gasteiger partial charge in [0.05, 0.1) is 22.8 Å². The van der Waals surface area contributed by atoms with Crippen LogP contribution in [0.15, 0.2) is 315 Å². The molecule has 0 amide bonds. The summed E-state index contributed by atoms with van der Waals surface area (Å²) in [6, 6.07) is 106. The zero-order valence-corrected chi connectivity index (χ0v) is 70.0. The smallest absolute Gasteiger partial charge is 0.657 e. The molecule has 2 unspecified atom stereocenters. The maximum atomic E-state index is 5.81. The first kappa shape index (κ1) is 71.5. The maximum absolute atomic E-state index is 5.81. The minimum atomic E-state index is 0. The normalized spacial score (nSPS) is 15.5. The Balaban J connectivity index is 0.00000829. The summed E-state index contributed by atoms with van der Waals surface area (Å²) in [6.45, 7) is 9.04. The molecule has 2 atom stereocenters. The summed E-state index contributed by atoms with van der Waals surface area (Å²) < 4.78 is 0. The Morgan fingerprint density at radius 1 is 0.248 bits per heavy atom. The van der Waals surface area contributed by atoms with Crippen molar-refractivity contribution in [3.63, 3.8) is 0 Å². The third-order valence-corrected chi connectivity index (χ3v) is 27.1. The molecule has 0 saturated carbocycles. The fourth-order valence-electron chi connectivity index (χ4n) is 21.1. The maximum Gasteiger partial charge on any atom is 2.00 e. The van der Waals surface area contributed by atoms with Crippen LogP contribution in [0, 0.1) is 25.7 Å². The number of hydrogen-bond acceptors (Lipinski definition) is 2. The van der Waals surface area contributed by atoms with Crippen LogP contribution in [-0.4, -0.2) is 9.97 Å². The third-order valence-electron chi connectivity index (χ3n) is 27.1. The summed E-state index contributed by atoms with van der Waals surface area (Å²) in [6.07, 6.45) is 24.8. The Morgan fingerprint density at radius 3 is 0.835 bits per heavy atom. The van der Waals surface area contributed by atoms with Gasteiger partial charge in [-0.2, -0.15) is 0 Å². The van der Waals surface area contributed by atoms with Crippen LogP contribution in [0.3, 0.4) is 0 Å². The van der Waals surface area contributed by atoms with Crippen molar-refractivity contribution in [3.05, 3.63) is 393 Å². The molecular formula is C116H80N4Pt. The van der Waals surface area contributed by atoms with Gasteiger partial charge in [-0.25, -0.2) is 9.97 Å². The second kappa shape index (κ2) is 27.7. The van der Waals surface area contributed by atoms with Crippen LogP contribution >= 0.6 is 0 Å². The van der Waals surface area contributed by atoms with Crippen LogP contribution in [0.2, 0.25) is 0 Å². The van der Waals surface area contributed by atoms with Gasteiger partial charge in [-0.05, 0) is 358 Å². The SMILES string of the molecule is Cc1ccc2c(c1)Cc1cc3cc(-c4ccc(-c5c6nc(c(-c7ccc(-c8ccc9cc%10c(cc9c8)CC8=CC(C)CC=C8%10)cc7)c7ccc([n-]7)c(-c7ccc(-c8ccc9cc%10c(cc9c8)Cc8cc(C)ccc8-%10)cc7)c7nc(c(-c8ccc(-c9ccc%10cc%11c(cc%10c9)CC9=CC(C)CC=C9%11)cc8)c8ccc5[n-]8)C=C7)C=C6)cc4)ccc3cc1-2.[Pt+2]. The number of fused-ring (bicyclic) bond motifs is 24. The Hall–Kier alpha value is -13.6. The molecule has 8 bridgehead atoms. The molecule has 0 fully saturated rings. The molecular weight excluding hydrogens is 1640 g/mol. The molecule has 2 aliphatic heterocycles. The predicted octanol–water partition coefficient (Wildman–Crippen LogP) is 29.4. The standard InChI is InChI=1S/C116H80N4.Pt/c1-65-5-33-97-89(45-65)57-93-53-85-49-77(25-29-81(85)61-101(93)97)69-9-17-73(18-10-69)113-105-37-39-107(117-105)114(74-19-11-70(12-20-74)78-26-30-82-62-102-94(54-86(82)50-78)58-90-46-66(2)6-34-98(90)102)109-41-43-111(119-109)116(76-23-15-72(16-24-76)80-28-32-84-64-104-96(56-88(84)52-80)60-92-48-68(4)8-36-100(92)104)112-44-42-110(120-112)115(108-40-38-106(113)118-108)75-21-13-71(14-22-75)79-27-31-83-63-103-95(55-87(83)51-79)59-91-47-67(3)7-35-99(91)103;/h5,8-56,61-64,66-67H,6-7,57-60H2,1-4H3;/q-2;+2. The second-order valence-electron chi connectivity index (χ2n) is 35.0. The molecule has 0 radical (unpaired) electrons. The molecule has 4 nitrogen and oxygen atoms in total. The van der Waals surface area contributed by atoms with Gasteiger partial charge in [-0.1, -0.05) is 280 Å². The van der Waals surface area contributed by atoms with Gasteiger partial charge in [-0.3, -0.25) is 0 Å². The topological polar surface area (TPSA) is 54.0 Å². The molecule has 121 heavy (non-hydrogen) atoms. The van der Waals surface area contributed by atoms with Crippen molar-refractivity contribution >= 4 is 101 Å². The van der Waals surface area contributed by atoms with E-state index in [0.717, 1.165) is 150 Å². The minimum absolute atomic E-state index is 0. The number of rotatable bonds is 8. The Bertz CT molecular complexity index is 7370. The predicted molar refractivity (Wildman–Crippen MR) is 503 cm³/mol.